The van der Waals surface area contributed by atoms with Crippen LogP contribution in [0.5, 0.6) is 11.5 Å². The molecule has 78 valence electrons. The molecule has 3 nitrogen and oxygen atoms in total. The topological polar surface area (TPSA) is 44.3 Å². The number of fused-ring (bicyclic) bond motifs is 1. The molecule has 1 aromatic carbocycles. The third-order valence-electron chi connectivity index (χ3n) is 2.48. The minimum atomic E-state index is -0.0805. The Labute approximate surface area is 88.2 Å². The first-order chi connectivity index (χ1) is 7.09. The lowest BCUT2D eigenvalue weighted by Gasteiger charge is -2.05. The average Bonchev–Trinajstić information content (AvgIpc) is 2.18. The molecule has 0 amide bonds. The highest BCUT2D eigenvalue weighted by Gasteiger charge is 2.14. The van der Waals surface area contributed by atoms with Crippen LogP contribution in [0.2, 0.25) is 0 Å². The van der Waals surface area contributed by atoms with Crippen LogP contribution in [0.3, 0.4) is 0 Å². The van der Waals surface area contributed by atoms with Gasteiger partial charge in [-0.2, -0.15) is 4.57 Å². The van der Waals surface area contributed by atoms with E-state index in [0.717, 1.165) is 10.9 Å². The monoisotopic (exact) mass is 204 g/mol. The summed E-state index contributed by atoms with van der Waals surface area (Å²) in [4.78, 5) is 0. The van der Waals surface area contributed by atoms with Crippen LogP contribution in [0.4, 0.5) is 0 Å². The zero-order chi connectivity index (χ0) is 11.0. The number of aromatic nitrogens is 1. The number of phenolic OH excluding ortho intramolecular Hbond substituents is 2. The SMILES string of the molecule is CC(C)[n+]1cccc2cc(O)c(O)cc21. The Morgan fingerprint density at radius 3 is 2.47 bits per heavy atom. The summed E-state index contributed by atoms with van der Waals surface area (Å²) < 4.78 is 2.05. The minimum absolute atomic E-state index is 0.0796. The molecule has 2 aromatic rings. The molecule has 0 fully saturated rings. The van der Waals surface area contributed by atoms with Crippen LogP contribution < -0.4 is 4.57 Å². The van der Waals surface area contributed by atoms with Crippen LogP contribution in [0.25, 0.3) is 10.9 Å². The molecule has 1 aromatic heterocycles. The van der Waals surface area contributed by atoms with Crippen molar-refractivity contribution in [3.05, 3.63) is 30.5 Å². The van der Waals surface area contributed by atoms with E-state index in [9.17, 15) is 10.2 Å². The van der Waals surface area contributed by atoms with Crippen molar-refractivity contribution in [1.82, 2.24) is 0 Å². The Morgan fingerprint density at radius 1 is 1.13 bits per heavy atom. The number of rotatable bonds is 1. The molecule has 2 rings (SSSR count). The van der Waals surface area contributed by atoms with Crippen LogP contribution in [-0.4, -0.2) is 10.2 Å². The van der Waals surface area contributed by atoms with E-state index in [2.05, 4.69) is 18.4 Å². The second-order valence-electron chi connectivity index (χ2n) is 3.91. The minimum Gasteiger partial charge on any atom is -0.504 e. The van der Waals surface area contributed by atoms with Gasteiger partial charge < -0.3 is 10.2 Å². The molecule has 0 bridgehead atoms. The van der Waals surface area contributed by atoms with E-state index in [1.807, 2.05) is 18.3 Å². The van der Waals surface area contributed by atoms with Crippen LogP contribution in [0, 0.1) is 0 Å². The summed E-state index contributed by atoms with van der Waals surface area (Å²) in [5, 5.41) is 19.8. The largest absolute Gasteiger partial charge is 0.504 e. The lowest BCUT2D eigenvalue weighted by Crippen LogP contribution is -2.36. The first kappa shape index (κ1) is 9.77. The van der Waals surface area contributed by atoms with E-state index in [1.54, 1.807) is 12.1 Å². The molecule has 0 unspecified atom stereocenters. The van der Waals surface area contributed by atoms with E-state index < -0.39 is 0 Å². The fraction of sp³-hybridized carbons (Fsp3) is 0.250. The highest BCUT2D eigenvalue weighted by Crippen LogP contribution is 2.28. The van der Waals surface area contributed by atoms with Gasteiger partial charge in [-0.1, -0.05) is 0 Å². The number of phenols is 2. The Morgan fingerprint density at radius 2 is 1.80 bits per heavy atom. The summed E-state index contributed by atoms with van der Waals surface area (Å²) in [6.07, 6.45) is 1.96. The van der Waals surface area contributed by atoms with Gasteiger partial charge in [-0.05, 0) is 26.0 Å². The molecule has 0 spiro atoms. The van der Waals surface area contributed by atoms with Gasteiger partial charge in [0.2, 0.25) is 5.52 Å². The number of pyridine rings is 1. The van der Waals surface area contributed by atoms with Gasteiger partial charge >= 0.3 is 0 Å². The molecule has 2 N–H and O–H groups in total. The van der Waals surface area contributed by atoms with Crippen LogP contribution in [0.1, 0.15) is 19.9 Å². The van der Waals surface area contributed by atoms with Gasteiger partial charge in [-0.3, -0.25) is 0 Å². The van der Waals surface area contributed by atoms with E-state index in [0.29, 0.717) is 6.04 Å². The predicted molar refractivity (Wildman–Crippen MR) is 57.9 cm³/mol. The molecule has 0 atom stereocenters. The second-order valence-corrected chi connectivity index (χ2v) is 3.91. The Hall–Kier alpha value is -1.77. The van der Waals surface area contributed by atoms with Gasteiger partial charge in [0.25, 0.3) is 0 Å². The summed E-state index contributed by atoms with van der Waals surface area (Å²) in [7, 11) is 0. The summed E-state index contributed by atoms with van der Waals surface area (Å²) >= 11 is 0. The smallest absolute Gasteiger partial charge is 0.216 e. The van der Waals surface area contributed by atoms with Crippen molar-refractivity contribution in [2.75, 3.05) is 0 Å². The fourth-order valence-corrected chi connectivity index (χ4v) is 1.71. The standard InChI is InChI=1S/C12H13NO2/c1-8(2)13-5-3-4-9-6-11(14)12(15)7-10(9)13/h3-8,14H,1-2H3/p+1. The van der Waals surface area contributed by atoms with Crippen LogP contribution in [-0.2, 0) is 0 Å². The molecule has 0 saturated heterocycles. The van der Waals surface area contributed by atoms with E-state index >= 15 is 0 Å². The van der Waals surface area contributed by atoms with Gasteiger partial charge in [0, 0.05) is 6.07 Å². The molecule has 1 heterocycles. The molecule has 0 aliphatic rings. The van der Waals surface area contributed by atoms with Crippen molar-refractivity contribution in [2.45, 2.75) is 19.9 Å². The van der Waals surface area contributed by atoms with Gasteiger partial charge in [-0.25, -0.2) is 0 Å². The highest BCUT2D eigenvalue weighted by molar-refractivity contribution is 5.79. The van der Waals surface area contributed by atoms with Crippen molar-refractivity contribution in [2.24, 2.45) is 0 Å². The number of nitrogens with zero attached hydrogens (tertiary/aromatic N) is 1. The van der Waals surface area contributed by atoms with Crippen molar-refractivity contribution < 1.29 is 14.8 Å². The van der Waals surface area contributed by atoms with Gasteiger partial charge in [0.1, 0.15) is 0 Å². The normalized spacial score (nSPS) is 11.1. The molecule has 0 aliphatic carbocycles. The lowest BCUT2D eigenvalue weighted by molar-refractivity contribution is -0.691. The molecule has 15 heavy (non-hydrogen) atoms. The van der Waals surface area contributed by atoms with Crippen molar-refractivity contribution in [3.8, 4) is 11.5 Å². The molecule has 0 aliphatic heterocycles. The third kappa shape index (κ3) is 1.61. The summed E-state index contributed by atoms with van der Waals surface area (Å²) in [6, 6.07) is 7.32. The predicted octanol–water partition coefficient (Wildman–Crippen LogP) is 2.12. The van der Waals surface area contributed by atoms with Gasteiger partial charge in [-0.15, -0.1) is 0 Å². The number of hydrogen-bond acceptors (Lipinski definition) is 2. The van der Waals surface area contributed by atoms with Crippen LogP contribution in [0.15, 0.2) is 30.5 Å². The van der Waals surface area contributed by atoms with Crippen molar-refractivity contribution in [1.29, 1.82) is 0 Å². The maximum absolute atomic E-state index is 9.46. The first-order valence-electron chi connectivity index (χ1n) is 4.95. The molecule has 3 heteroatoms. The van der Waals surface area contributed by atoms with E-state index in [1.165, 1.54) is 0 Å². The summed E-state index contributed by atoms with van der Waals surface area (Å²) in [5.41, 5.74) is 0.919. The number of hydrogen-bond donors (Lipinski definition) is 2. The third-order valence-corrected chi connectivity index (χ3v) is 2.48. The fourth-order valence-electron chi connectivity index (χ4n) is 1.71. The number of benzene rings is 1. The van der Waals surface area contributed by atoms with Crippen molar-refractivity contribution >= 4 is 10.9 Å². The summed E-state index contributed by atoms with van der Waals surface area (Å²) in [6.45, 7) is 4.15. The first-order valence-corrected chi connectivity index (χ1v) is 4.95. The van der Waals surface area contributed by atoms with E-state index in [-0.39, 0.29) is 11.5 Å². The number of aromatic hydroxyl groups is 2. The maximum atomic E-state index is 9.46. The maximum Gasteiger partial charge on any atom is 0.216 e. The van der Waals surface area contributed by atoms with Crippen LogP contribution >= 0.6 is 0 Å². The zero-order valence-corrected chi connectivity index (χ0v) is 8.81. The second kappa shape index (κ2) is 3.42. The van der Waals surface area contributed by atoms with E-state index in [4.69, 9.17) is 0 Å². The molecule has 0 saturated carbocycles. The van der Waals surface area contributed by atoms with Crippen molar-refractivity contribution in [3.63, 3.8) is 0 Å². The summed E-state index contributed by atoms with van der Waals surface area (Å²) in [5.74, 6) is -0.160. The van der Waals surface area contributed by atoms with Gasteiger partial charge in [0.15, 0.2) is 23.7 Å². The zero-order valence-electron chi connectivity index (χ0n) is 8.81. The lowest BCUT2D eigenvalue weighted by atomic mass is 10.1. The molecular weight excluding hydrogens is 190 g/mol. The van der Waals surface area contributed by atoms with Gasteiger partial charge in [0.05, 0.1) is 11.5 Å². The molecular formula is C12H14NO2+. The average molecular weight is 204 g/mol. The Balaban J connectivity index is 2.80. The highest BCUT2D eigenvalue weighted by atomic mass is 16.3. The quantitative estimate of drug-likeness (QED) is 0.552. The Kier molecular flexibility index (Phi) is 2.23. The molecule has 0 radical (unpaired) electrons. The Bertz CT molecular complexity index is 506.